The van der Waals surface area contributed by atoms with Gasteiger partial charge in [-0.05, 0) is 50.6 Å². The third kappa shape index (κ3) is 2.99. The van der Waals surface area contributed by atoms with Gasteiger partial charge in [0.05, 0.1) is 11.4 Å². The Morgan fingerprint density at radius 3 is 2.65 bits per heavy atom. The quantitative estimate of drug-likeness (QED) is 0.933. The molecule has 0 radical (unpaired) electrons. The standard InChI is InChI=1S/C15H17F2N3/c1-9-7-12(10(2)20-19-9)14(18-3)8-11-5-4-6-13(16)15(11)17/h4-7,14,18H,8H2,1-3H3. The molecule has 20 heavy (non-hydrogen) atoms. The molecular formula is C15H17F2N3. The highest BCUT2D eigenvalue weighted by Gasteiger charge is 2.17. The Bertz CT molecular complexity index is 614. The van der Waals surface area contributed by atoms with E-state index in [1.807, 2.05) is 19.9 Å². The van der Waals surface area contributed by atoms with E-state index in [4.69, 9.17) is 0 Å². The van der Waals surface area contributed by atoms with Gasteiger partial charge in [0.2, 0.25) is 0 Å². The van der Waals surface area contributed by atoms with E-state index in [1.165, 1.54) is 6.07 Å². The molecule has 0 spiro atoms. The van der Waals surface area contributed by atoms with Gasteiger partial charge in [0.1, 0.15) is 0 Å². The van der Waals surface area contributed by atoms with Crippen LogP contribution in [-0.4, -0.2) is 17.2 Å². The number of nitrogens with one attached hydrogen (secondary N) is 1. The van der Waals surface area contributed by atoms with E-state index in [2.05, 4.69) is 15.5 Å². The summed E-state index contributed by atoms with van der Waals surface area (Å²) in [6.07, 6.45) is 0.353. The Labute approximate surface area is 117 Å². The first-order chi connectivity index (χ1) is 9.52. The zero-order valence-corrected chi connectivity index (χ0v) is 11.7. The molecule has 0 bridgehead atoms. The monoisotopic (exact) mass is 277 g/mol. The first kappa shape index (κ1) is 14.5. The fourth-order valence-corrected chi connectivity index (χ4v) is 2.22. The molecule has 1 atom stereocenters. The molecule has 2 aromatic rings. The lowest BCUT2D eigenvalue weighted by molar-refractivity contribution is 0.486. The number of rotatable bonds is 4. The van der Waals surface area contributed by atoms with Crippen molar-refractivity contribution in [1.29, 1.82) is 0 Å². The number of likely N-dealkylation sites (N-methyl/N-ethyl adjacent to an activating group) is 1. The summed E-state index contributed by atoms with van der Waals surface area (Å²) < 4.78 is 27.0. The molecule has 0 aliphatic rings. The van der Waals surface area contributed by atoms with Crippen molar-refractivity contribution in [3.63, 3.8) is 0 Å². The highest BCUT2D eigenvalue weighted by molar-refractivity contribution is 5.28. The summed E-state index contributed by atoms with van der Waals surface area (Å²) >= 11 is 0. The third-order valence-corrected chi connectivity index (χ3v) is 3.32. The van der Waals surface area contributed by atoms with E-state index >= 15 is 0 Å². The Morgan fingerprint density at radius 2 is 1.95 bits per heavy atom. The van der Waals surface area contributed by atoms with Gasteiger partial charge in [-0.1, -0.05) is 12.1 Å². The molecule has 0 aliphatic heterocycles. The zero-order valence-electron chi connectivity index (χ0n) is 11.7. The Hall–Kier alpha value is -1.88. The molecule has 1 aromatic heterocycles. The van der Waals surface area contributed by atoms with Crippen LogP contribution >= 0.6 is 0 Å². The number of hydrogen-bond acceptors (Lipinski definition) is 3. The van der Waals surface area contributed by atoms with Crippen LogP contribution < -0.4 is 5.32 Å². The largest absolute Gasteiger partial charge is 0.313 e. The first-order valence-corrected chi connectivity index (χ1v) is 6.44. The van der Waals surface area contributed by atoms with Gasteiger partial charge >= 0.3 is 0 Å². The molecule has 1 unspecified atom stereocenters. The lowest BCUT2D eigenvalue weighted by atomic mass is 9.97. The number of halogens is 2. The van der Waals surface area contributed by atoms with Crippen LogP contribution in [-0.2, 0) is 6.42 Å². The number of nitrogens with zero attached hydrogens (tertiary/aromatic N) is 2. The van der Waals surface area contributed by atoms with E-state index in [-0.39, 0.29) is 6.04 Å². The summed E-state index contributed by atoms with van der Waals surface area (Å²) in [7, 11) is 1.79. The Balaban J connectivity index is 2.34. The minimum atomic E-state index is -0.821. The third-order valence-electron chi connectivity index (χ3n) is 3.32. The van der Waals surface area contributed by atoms with Gasteiger partial charge in [0.15, 0.2) is 11.6 Å². The summed E-state index contributed by atoms with van der Waals surface area (Å²) in [5.41, 5.74) is 2.87. The van der Waals surface area contributed by atoms with Gasteiger partial charge in [0.25, 0.3) is 0 Å². The molecule has 1 N–H and O–H groups in total. The van der Waals surface area contributed by atoms with Crippen LogP contribution in [0.5, 0.6) is 0 Å². The van der Waals surface area contributed by atoms with Crippen LogP contribution in [0.4, 0.5) is 8.78 Å². The minimum Gasteiger partial charge on any atom is -0.313 e. The van der Waals surface area contributed by atoms with E-state index in [0.29, 0.717) is 12.0 Å². The topological polar surface area (TPSA) is 37.8 Å². The summed E-state index contributed by atoms with van der Waals surface area (Å²) in [6.45, 7) is 3.71. The van der Waals surface area contributed by atoms with Crippen molar-refractivity contribution in [3.05, 3.63) is 58.4 Å². The lowest BCUT2D eigenvalue weighted by Crippen LogP contribution is -2.21. The maximum absolute atomic E-state index is 13.8. The molecule has 5 heteroatoms. The molecule has 106 valence electrons. The second-order valence-corrected chi connectivity index (χ2v) is 4.78. The van der Waals surface area contributed by atoms with Gasteiger partial charge in [-0.25, -0.2) is 8.78 Å². The molecule has 0 saturated heterocycles. The zero-order chi connectivity index (χ0) is 14.7. The fourth-order valence-electron chi connectivity index (χ4n) is 2.22. The van der Waals surface area contributed by atoms with Gasteiger partial charge in [-0.3, -0.25) is 0 Å². The van der Waals surface area contributed by atoms with Crippen molar-refractivity contribution in [2.24, 2.45) is 0 Å². The molecule has 0 fully saturated rings. The van der Waals surface area contributed by atoms with Crippen LogP contribution in [0.1, 0.15) is 28.6 Å². The number of aromatic nitrogens is 2. The van der Waals surface area contributed by atoms with Crippen molar-refractivity contribution in [1.82, 2.24) is 15.5 Å². The Kier molecular flexibility index (Phi) is 4.39. The van der Waals surface area contributed by atoms with E-state index in [9.17, 15) is 8.78 Å². The summed E-state index contributed by atoms with van der Waals surface area (Å²) in [4.78, 5) is 0. The van der Waals surface area contributed by atoms with Crippen molar-refractivity contribution in [2.45, 2.75) is 26.3 Å². The van der Waals surface area contributed by atoms with Gasteiger partial charge < -0.3 is 5.32 Å². The molecular weight excluding hydrogens is 260 g/mol. The van der Waals surface area contributed by atoms with Gasteiger partial charge in [0, 0.05) is 6.04 Å². The normalized spacial score (nSPS) is 12.4. The number of aryl methyl sites for hydroxylation is 2. The van der Waals surface area contributed by atoms with Crippen molar-refractivity contribution >= 4 is 0 Å². The van der Waals surface area contributed by atoms with Crippen LogP contribution in [0.3, 0.4) is 0 Å². The molecule has 1 aromatic carbocycles. The van der Waals surface area contributed by atoms with Crippen molar-refractivity contribution < 1.29 is 8.78 Å². The van der Waals surface area contributed by atoms with E-state index in [0.717, 1.165) is 23.0 Å². The first-order valence-electron chi connectivity index (χ1n) is 6.44. The van der Waals surface area contributed by atoms with Crippen molar-refractivity contribution in [3.8, 4) is 0 Å². The number of benzene rings is 1. The van der Waals surface area contributed by atoms with Gasteiger partial charge in [-0.2, -0.15) is 10.2 Å². The maximum Gasteiger partial charge on any atom is 0.162 e. The second kappa shape index (κ2) is 6.05. The predicted molar refractivity (Wildman–Crippen MR) is 73.4 cm³/mol. The Morgan fingerprint density at radius 1 is 1.20 bits per heavy atom. The average Bonchev–Trinajstić information content (AvgIpc) is 2.43. The average molecular weight is 277 g/mol. The van der Waals surface area contributed by atoms with Crippen LogP contribution in [0.2, 0.25) is 0 Å². The predicted octanol–water partition coefficient (Wildman–Crippen LogP) is 2.87. The summed E-state index contributed by atoms with van der Waals surface area (Å²) in [6, 6.07) is 6.01. The number of hydrogen-bond donors (Lipinski definition) is 1. The van der Waals surface area contributed by atoms with Crippen LogP contribution in [0.15, 0.2) is 24.3 Å². The van der Waals surface area contributed by atoms with E-state index in [1.54, 1.807) is 13.1 Å². The second-order valence-electron chi connectivity index (χ2n) is 4.78. The molecule has 0 saturated carbocycles. The highest BCUT2D eigenvalue weighted by Crippen LogP contribution is 2.23. The molecule has 3 nitrogen and oxygen atoms in total. The molecule has 1 heterocycles. The summed E-state index contributed by atoms with van der Waals surface area (Å²) in [5.74, 6) is -1.61. The molecule has 0 aliphatic carbocycles. The highest BCUT2D eigenvalue weighted by atomic mass is 19.2. The van der Waals surface area contributed by atoms with E-state index < -0.39 is 11.6 Å². The van der Waals surface area contributed by atoms with Crippen molar-refractivity contribution in [2.75, 3.05) is 7.05 Å². The lowest BCUT2D eigenvalue weighted by Gasteiger charge is -2.19. The molecule has 2 rings (SSSR count). The SMILES string of the molecule is CNC(Cc1cccc(F)c1F)c1cc(C)nnc1C. The van der Waals surface area contributed by atoms with Crippen LogP contribution in [0, 0.1) is 25.5 Å². The minimum absolute atomic E-state index is 0.138. The summed E-state index contributed by atoms with van der Waals surface area (Å²) in [5, 5.41) is 11.2. The van der Waals surface area contributed by atoms with Crippen LogP contribution in [0.25, 0.3) is 0 Å². The fraction of sp³-hybridized carbons (Fsp3) is 0.333. The molecule has 0 amide bonds. The smallest absolute Gasteiger partial charge is 0.162 e. The maximum atomic E-state index is 13.8. The van der Waals surface area contributed by atoms with Gasteiger partial charge in [-0.15, -0.1) is 0 Å².